The third-order valence-corrected chi connectivity index (χ3v) is 7.71. The summed E-state index contributed by atoms with van der Waals surface area (Å²) in [6, 6.07) is 20.9. The van der Waals surface area contributed by atoms with Crippen molar-refractivity contribution in [3.63, 3.8) is 0 Å². The summed E-state index contributed by atoms with van der Waals surface area (Å²) in [5.41, 5.74) is 1.43. The van der Waals surface area contributed by atoms with Gasteiger partial charge in [-0.3, -0.25) is 9.59 Å². The molecule has 1 aliphatic rings. The Balaban J connectivity index is 1.62. The zero-order valence-corrected chi connectivity index (χ0v) is 19.1. The van der Waals surface area contributed by atoms with Gasteiger partial charge in [0.25, 0.3) is 0 Å². The van der Waals surface area contributed by atoms with E-state index in [1.165, 1.54) is 48.4 Å². The van der Waals surface area contributed by atoms with Crippen LogP contribution >= 0.6 is 0 Å². The number of sulfone groups is 1. The fraction of sp³-hybridized carbons (Fsp3) is 0.160. The average Bonchev–Trinajstić information content (AvgIpc) is 2.93. The minimum Gasteiger partial charge on any atom is -0.465 e. The van der Waals surface area contributed by atoms with Gasteiger partial charge < -0.3 is 15.0 Å². The number of hydrogen-bond acceptors (Lipinski definition) is 6. The highest BCUT2D eigenvalue weighted by molar-refractivity contribution is 7.92. The molecule has 0 saturated heterocycles. The lowest BCUT2D eigenvalue weighted by atomic mass is 10.1. The number of benzene rings is 3. The number of methoxy groups -OCH3 is 1. The van der Waals surface area contributed by atoms with Crippen molar-refractivity contribution in [2.24, 2.45) is 0 Å². The van der Waals surface area contributed by atoms with E-state index in [4.69, 9.17) is 0 Å². The van der Waals surface area contributed by atoms with Crippen LogP contribution in [0.25, 0.3) is 0 Å². The van der Waals surface area contributed by atoms with Crippen LogP contribution in [0.2, 0.25) is 0 Å². The lowest BCUT2D eigenvalue weighted by molar-refractivity contribution is -0.121. The first-order chi connectivity index (χ1) is 16.3. The number of nitrogens with zero attached hydrogens (tertiary/aromatic N) is 1. The Hall–Kier alpha value is -3.98. The largest absolute Gasteiger partial charge is 0.465 e. The summed E-state index contributed by atoms with van der Waals surface area (Å²) in [6.45, 7) is -0.369. The van der Waals surface area contributed by atoms with E-state index in [-0.39, 0.29) is 23.5 Å². The van der Waals surface area contributed by atoms with Gasteiger partial charge in [-0.2, -0.15) is 0 Å². The summed E-state index contributed by atoms with van der Waals surface area (Å²) >= 11 is 0. The summed E-state index contributed by atoms with van der Waals surface area (Å²) < 4.78 is 31.6. The van der Waals surface area contributed by atoms with Gasteiger partial charge in [-0.1, -0.05) is 42.5 Å². The topological polar surface area (TPSA) is 110 Å². The third-order valence-electron chi connectivity index (χ3n) is 5.56. The van der Waals surface area contributed by atoms with Gasteiger partial charge in [0.1, 0.15) is 6.54 Å². The molecule has 1 atom stereocenters. The van der Waals surface area contributed by atoms with Gasteiger partial charge in [0.15, 0.2) is 9.84 Å². The maximum atomic E-state index is 13.5. The Bertz CT molecular complexity index is 1340. The molecule has 0 spiro atoms. The Labute approximate surface area is 197 Å². The maximum Gasteiger partial charge on any atom is 0.337 e. The van der Waals surface area contributed by atoms with Crippen LogP contribution in [0.15, 0.2) is 83.8 Å². The summed E-state index contributed by atoms with van der Waals surface area (Å²) in [5, 5.41) is 1.62. The van der Waals surface area contributed by atoms with Crippen molar-refractivity contribution >= 4 is 39.0 Å². The summed E-state index contributed by atoms with van der Waals surface area (Å²) in [4.78, 5) is 38.8. The monoisotopic (exact) mass is 478 g/mol. The molecular formula is C25H22N2O6S. The van der Waals surface area contributed by atoms with E-state index in [2.05, 4.69) is 10.1 Å². The molecule has 1 aliphatic heterocycles. The van der Waals surface area contributed by atoms with E-state index in [9.17, 15) is 22.8 Å². The van der Waals surface area contributed by atoms with Crippen molar-refractivity contribution in [2.75, 3.05) is 23.9 Å². The van der Waals surface area contributed by atoms with Crippen LogP contribution in [0.3, 0.4) is 0 Å². The van der Waals surface area contributed by atoms with Crippen molar-refractivity contribution < 1.29 is 27.5 Å². The first-order valence-electron chi connectivity index (χ1n) is 10.5. The molecule has 0 bridgehead atoms. The number of nitrogens with one attached hydrogen (secondary N) is 1. The molecule has 0 aromatic heterocycles. The van der Waals surface area contributed by atoms with Crippen LogP contribution < -0.4 is 10.2 Å². The van der Waals surface area contributed by atoms with E-state index in [0.29, 0.717) is 16.8 Å². The molecule has 9 heteroatoms. The van der Waals surface area contributed by atoms with Crippen molar-refractivity contribution in [3.05, 3.63) is 90.0 Å². The van der Waals surface area contributed by atoms with Crippen LogP contribution in [0.1, 0.15) is 27.6 Å². The molecule has 0 aliphatic carbocycles. The molecule has 34 heavy (non-hydrogen) atoms. The minimum atomic E-state index is -3.89. The highest BCUT2D eigenvalue weighted by atomic mass is 32.2. The van der Waals surface area contributed by atoms with E-state index in [1.807, 2.05) is 0 Å². The number of anilines is 2. The first-order valence-corrected chi connectivity index (χ1v) is 12.0. The van der Waals surface area contributed by atoms with Gasteiger partial charge in [0.05, 0.1) is 28.5 Å². The number of hydrogen-bond donors (Lipinski definition) is 1. The average molecular weight is 479 g/mol. The molecular weight excluding hydrogens is 456 g/mol. The zero-order valence-electron chi connectivity index (χ0n) is 18.3. The highest BCUT2D eigenvalue weighted by Crippen LogP contribution is 2.40. The van der Waals surface area contributed by atoms with E-state index in [0.717, 1.165) is 0 Å². The standard InChI is InChI=1S/C25H22N2O6S/c1-33-25(30)18-11-13-19(14-12-18)26-23(28)16-27-20-9-5-6-10-21(20)34(31,32)22(15-24(27)29)17-7-3-2-4-8-17/h2-14,22H,15-16H2,1H3,(H,26,28). The van der Waals surface area contributed by atoms with Crippen LogP contribution in [0, 0.1) is 0 Å². The molecule has 4 rings (SSSR count). The lowest BCUT2D eigenvalue weighted by Crippen LogP contribution is -2.38. The number of carbonyl (C=O) groups is 3. The van der Waals surface area contributed by atoms with Crippen LogP contribution in [0.5, 0.6) is 0 Å². The van der Waals surface area contributed by atoms with Crippen LogP contribution in [-0.4, -0.2) is 39.9 Å². The van der Waals surface area contributed by atoms with Crippen molar-refractivity contribution in [1.29, 1.82) is 0 Å². The van der Waals surface area contributed by atoms with Crippen molar-refractivity contribution in [2.45, 2.75) is 16.6 Å². The van der Waals surface area contributed by atoms with Gasteiger partial charge in [-0.25, -0.2) is 13.2 Å². The molecule has 3 aromatic carbocycles. The quantitative estimate of drug-likeness (QED) is 0.563. The van der Waals surface area contributed by atoms with Gasteiger partial charge in [0.2, 0.25) is 11.8 Å². The second kappa shape index (κ2) is 9.48. The van der Waals surface area contributed by atoms with Crippen LogP contribution in [-0.2, 0) is 24.2 Å². The van der Waals surface area contributed by atoms with E-state index < -0.39 is 32.9 Å². The molecule has 1 N–H and O–H groups in total. The molecule has 1 heterocycles. The molecule has 2 amide bonds. The number of fused-ring (bicyclic) bond motifs is 1. The molecule has 0 radical (unpaired) electrons. The fourth-order valence-corrected chi connectivity index (χ4v) is 5.80. The van der Waals surface area contributed by atoms with Crippen LogP contribution in [0.4, 0.5) is 11.4 Å². The van der Waals surface area contributed by atoms with Crippen molar-refractivity contribution in [1.82, 2.24) is 0 Å². The Morgan fingerprint density at radius 1 is 0.971 bits per heavy atom. The van der Waals surface area contributed by atoms with Gasteiger partial charge in [-0.05, 0) is 42.0 Å². The Morgan fingerprint density at radius 2 is 1.62 bits per heavy atom. The summed E-state index contributed by atoms with van der Waals surface area (Å²) in [7, 11) is -2.61. The number of rotatable bonds is 5. The normalized spacial score (nSPS) is 16.8. The third kappa shape index (κ3) is 4.55. The molecule has 174 valence electrons. The first kappa shape index (κ1) is 23.2. The lowest BCUT2D eigenvalue weighted by Gasteiger charge is -2.21. The molecule has 3 aromatic rings. The fourth-order valence-electron chi connectivity index (χ4n) is 3.88. The van der Waals surface area contributed by atoms with Gasteiger partial charge in [-0.15, -0.1) is 0 Å². The maximum absolute atomic E-state index is 13.5. The number of para-hydroxylation sites is 1. The smallest absolute Gasteiger partial charge is 0.337 e. The number of esters is 1. The van der Waals surface area contributed by atoms with Gasteiger partial charge >= 0.3 is 5.97 Å². The van der Waals surface area contributed by atoms with E-state index in [1.54, 1.807) is 42.5 Å². The Morgan fingerprint density at radius 3 is 2.29 bits per heavy atom. The summed E-state index contributed by atoms with van der Waals surface area (Å²) in [5.74, 6) is -1.48. The molecule has 8 nitrogen and oxygen atoms in total. The number of carbonyl (C=O) groups excluding carboxylic acids is 3. The number of amides is 2. The molecule has 0 fully saturated rings. The number of ether oxygens (including phenoxy) is 1. The second-order valence-electron chi connectivity index (χ2n) is 7.71. The highest BCUT2D eigenvalue weighted by Gasteiger charge is 2.39. The van der Waals surface area contributed by atoms with E-state index >= 15 is 0 Å². The summed E-state index contributed by atoms with van der Waals surface area (Å²) in [6.07, 6.45) is -0.290. The molecule has 0 saturated carbocycles. The zero-order chi connectivity index (χ0) is 24.3. The second-order valence-corrected chi connectivity index (χ2v) is 9.81. The minimum absolute atomic E-state index is 0.00457. The predicted octanol–water partition coefficient (Wildman–Crippen LogP) is 3.36. The van der Waals surface area contributed by atoms with Gasteiger partial charge in [0, 0.05) is 12.1 Å². The predicted molar refractivity (Wildman–Crippen MR) is 126 cm³/mol. The Kier molecular flexibility index (Phi) is 6.47. The van der Waals surface area contributed by atoms with Crippen molar-refractivity contribution in [3.8, 4) is 0 Å². The molecule has 1 unspecified atom stereocenters. The SMILES string of the molecule is COC(=O)c1ccc(NC(=O)CN2C(=O)CC(c3ccccc3)S(=O)(=O)c3ccccc32)cc1.